The van der Waals surface area contributed by atoms with Crippen LogP contribution in [0.4, 0.5) is 17.1 Å². The molecule has 0 radical (unpaired) electrons. The second kappa shape index (κ2) is 12.6. The van der Waals surface area contributed by atoms with E-state index in [1.807, 2.05) is 24.3 Å². The normalized spacial score (nSPS) is 11.6. The predicted octanol–water partition coefficient (Wildman–Crippen LogP) is 15.1. The molecule has 0 aliphatic carbocycles. The molecule has 0 atom stereocenters. The standard InChI is InChI=1S/C52H33NO2/c1-2-12-38-33-39(28-27-34(38)11-1)37-25-23-35(24-26-37)36-29-31-40(32-30-36)53(47-19-9-17-44-42-14-4-7-20-48(42)55-52(44)47)46-18-6-3-13-41(46)43-16-10-22-50-51(43)45-15-5-8-21-49(45)54-50/h1-33H. The van der Waals surface area contributed by atoms with E-state index in [1.165, 1.54) is 27.5 Å². The molecule has 0 unspecified atom stereocenters. The molecular formula is C52H33NO2. The molecule has 0 amide bonds. The Morgan fingerprint density at radius 2 is 0.873 bits per heavy atom. The van der Waals surface area contributed by atoms with Gasteiger partial charge in [0.1, 0.15) is 16.7 Å². The maximum atomic E-state index is 6.68. The van der Waals surface area contributed by atoms with Gasteiger partial charge in [-0.25, -0.2) is 0 Å². The number of hydrogen-bond acceptors (Lipinski definition) is 3. The van der Waals surface area contributed by atoms with Crippen molar-refractivity contribution in [1.82, 2.24) is 0 Å². The molecule has 0 saturated carbocycles. The molecule has 0 N–H and O–H groups in total. The highest BCUT2D eigenvalue weighted by atomic mass is 16.3. The molecule has 9 aromatic carbocycles. The van der Waals surface area contributed by atoms with Crippen molar-refractivity contribution < 1.29 is 8.83 Å². The molecular weight excluding hydrogens is 671 g/mol. The van der Waals surface area contributed by atoms with Gasteiger partial charge in [0.15, 0.2) is 5.58 Å². The summed E-state index contributed by atoms with van der Waals surface area (Å²) in [6.45, 7) is 0. The number of furan rings is 2. The summed E-state index contributed by atoms with van der Waals surface area (Å²) in [5.74, 6) is 0. The zero-order valence-corrected chi connectivity index (χ0v) is 29.8. The van der Waals surface area contributed by atoms with Crippen molar-refractivity contribution in [3.05, 3.63) is 200 Å². The van der Waals surface area contributed by atoms with Crippen molar-refractivity contribution >= 4 is 71.7 Å². The monoisotopic (exact) mass is 703 g/mol. The first-order chi connectivity index (χ1) is 27.3. The smallest absolute Gasteiger partial charge is 0.159 e. The van der Waals surface area contributed by atoms with Crippen LogP contribution < -0.4 is 4.90 Å². The number of fused-ring (bicyclic) bond motifs is 7. The predicted molar refractivity (Wildman–Crippen MR) is 229 cm³/mol. The Bertz CT molecular complexity index is 3200. The van der Waals surface area contributed by atoms with Crippen molar-refractivity contribution in [1.29, 1.82) is 0 Å². The highest BCUT2D eigenvalue weighted by Crippen LogP contribution is 2.47. The van der Waals surface area contributed by atoms with Crippen LogP contribution >= 0.6 is 0 Å². The van der Waals surface area contributed by atoms with Crippen molar-refractivity contribution in [2.24, 2.45) is 0 Å². The molecule has 11 rings (SSSR count). The van der Waals surface area contributed by atoms with E-state index in [0.717, 1.165) is 77.6 Å². The largest absolute Gasteiger partial charge is 0.456 e. The van der Waals surface area contributed by atoms with Gasteiger partial charge in [0, 0.05) is 32.8 Å². The fourth-order valence-electron chi connectivity index (χ4n) is 8.24. The van der Waals surface area contributed by atoms with Gasteiger partial charge in [-0.15, -0.1) is 0 Å². The Labute approximate surface area is 317 Å². The summed E-state index contributed by atoms with van der Waals surface area (Å²) in [6.07, 6.45) is 0. The lowest BCUT2D eigenvalue weighted by molar-refractivity contribution is 0.668. The quantitative estimate of drug-likeness (QED) is 0.173. The van der Waals surface area contributed by atoms with Gasteiger partial charge in [0.2, 0.25) is 0 Å². The van der Waals surface area contributed by atoms with E-state index in [4.69, 9.17) is 8.83 Å². The lowest BCUT2D eigenvalue weighted by Gasteiger charge is -2.28. The van der Waals surface area contributed by atoms with Crippen LogP contribution in [-0.2, 0) is 0 Å². The molecule has 2 aromatic heterocycles. The minimum Gasteiger partial charge on any atom is -0.456 e. The summed E-state index contributed by atoms with van der Waals surface area (Å²) >= 11 is 0. The van der Waals surface area contributed by atoms with Crippen LogP contribution in [0.2, 0.25) is 0 Å². The van der Waals surface area contributed by atoms with E-state index in [9.17, 15) is 0 Å². The van der Waals surface area contributed by atoms with E-state index in [2.05, 4.69) is 181 Å². The van der Waals surface area contributed by atoms with E-state index in [1.54, 1.807) is 0 Å². The second-order valence-corrected chi connectivity index (χ2v) is 14.1. The highest BCUT2D eigenvalue weighted by molar-refractivity contribution is 6.15. The molecule has 0 saturated heterocycles. The molecule has 3 nitrogen and oxygen atoms in total. The first-order valence-electron chi connectivity index (χ1n) is 18.7. The van der Waals surface area contributed by atoms with Gasteiger partial charge in [-0.3, -0.25) is 0 Å². The molecule has 0 fully saturated rings. The van der Waals surface area contributed by atoms with E-state index >= 15 is 0 Å². The van der Waals surface area contributed by atoms with Gasteiger partial charge in [-0.05, 0) is 87.1 Å². The fourth-order valence-corrected chi connectivity index (χ4v) is 8.24. The number of benzene rings is 9. The molecule has 0 aliphatic rings. The minimum absolute atomic E-state index is 0.846. The topological polar surface area (TPSA) is 29.5 Å². The molecule has 11 aromatic rings. The number of para-hydroxylation sites is 4. The molecule has 0 aliphatic heterocycles. The number of rotatable bonds is 6. The fraction of sp³-hybridized carbons (Fsp3) is 0. The Morgan fingerprint density at radius 3 is 1.69 bits per heavy atom. The van der Waals surface area contributed by atoms with Gasteiger partial charge in [0.05, 0.1) is 11.4 Å². The highest BCUT2D eigenvalue weighted by Gasteiger charge is 2.23. The van der Waals surface area contributed by atoms with Crippen molar-refractivity contribution in [3.63, 3.8) is 0 Å². The third-order valence-corrected chi connectivity index (χ3v) is 10.9. The average molecular weight is 704 g/mol. The van der Waals surface area contributed by atoms with Crippen molar-refractivity contribution in [2.75, 3.05) is 4.90 Å². The first-order valence-corrected chi connectivity index (χ1v) is 18.7. The first kappa shape index (κ1) is 31.2. The third kappa shape index (κ3) is 5.20. The molecule has 0 spiro atoms. The summed E-state index contributed by atoms with van der Waals surface area (Å²) < 4.78 is 13.0. The molecule has 3 heteroatoms. The van der Waals surface area contributed by atoms with Crippen LogP contribution in [0.3, 0.4) is 0 Å². The zero-order chi connectivity index (χ0) is 36.3. The van der Waals surface area contributed by atoms with Gasteiger partial charge in [-0.1, -0.05) is 152 Å². The third-order valence-electron chi connectivity index (χ3n) is 10.9. The lowest BCUT2D eigenvalue weighted by Crippen LogP contribution is -2.11. The van der Waals surface area contributed by atoms with E-state index < -0.39 is 0 Å². The van der Waals surface area contributed by atoms with Gasteiger partial charge in [-0.2, -0.15) is 0 Å². The summed E-state index contributed by atoms with van der Waals surface area (Å²) in [4.78, 5) is 2.34. The van der Waals surface area contributed by atoms with Crippen LogP contribution in [0, 0.1) is 0 Å². The Hall–Kier alpha value is -7.36. The Morgan fingerprint density at radius 1 is 0.327 bits per heavy atom. The van der Waals surface area contributed by atoms with Crippen molar-refractivity contribution in [2.45, 2.75) is 0 Å². The Balaban J connectivity index is 1.05. The summed E-state index contributed by atoms with van der Waals surface area (Å²) in [7, 11) is 0. The van der Waals surface area contributed by atoms with Crippen LogP contribution in [0.1, 0.15) is 0 Å². The maximum absolute atomic E-state index is 6.68. The minimum atomic E-state index is 0.846. The molecule has 55 heavy (non-hydrogen) atoms. The summed E-state index contributed by atoms with van der Waals surface area (Å²) in [5.41, 5.74) is 13.5. The van der Waals surface area contributed by atoms with E-state index in [0.29, 0.717) is 0 Å². The van der Waals surface area contributed by atoms with Crippen molar-refractivity contribution in [3.8, 4) is 33.4 Å². The van der Waals surface area contributed by atoms with Crippen LogP contribution in [0.15, 0.2) is 209 Å². The van der Waals surface area contributed by atoms with Crippen LogP contribution in [0.25, 0.3) is 88.0 Å². The van der Waals surface area contributed by atoms with Gasteiger partial charge < -0.3 is 13.7 Å². The zero-order valence-electron chi connectivity index (χ0n) is 29.8. The number of hydrogen-bond donors (Lipinski definition) is 0. The van der Waals surface area contributed by atoms with Gasteiger partial charge in [0.25, 0.3) is 0 Å². The van der Waals surface area contributed by atoms with E-state index in [-0.39, 0.29) is 0 Å². The molecule has 258 valence electrons. The molecule has 0 bridgehead atoms. The summed E-state index contributed by atoms with van der Waals surface area (Å²) in [6, 6.07) is 70.9. The average Bonchev–Trinajstić information content (AvgIpc) is 3.83. The second-order valence-electron chi connectivity index (χ2n) is 14.1. The number of nitrogens with zero attached hydrogens (tertiary/aromatic N) is 1. The summed E-state index contributed by atoms with van der Waals surface area (Å²) in [5, 5.41) is 6.90. The van der Waals surface area contributed by atoms with Crippen LogP contribution in [0.5, 0.6) is 0 Å². The SMILES string of the molecule is c1ccc(N(c2ccc(-c3ccc(-c4ccc5ccccc5c4)cc3)cc2)c2cccc3c2oc2ccccc23)c(-c2cccc3oc4ccccc4c23)c1. The van der Waals surface area contributed by atoms with Gasteiger partial charge >= 0.3 is 0 Å². The molecule has 2 heterocycles. The lowest BCUT2D eigenvalue weighted by atomic mass is 9.96. The maximum Gasteiger partial charge on any atom is 0.159 e. The number of anilines is 3. The van der Waals surface area contributed by atoms with Crippen LogP contribution in [-0.4, -0.2) is 0 Å². The Kier molecular flexibility index (Phi) is 7.17.